The predicted octanol–water partition coefficient (Wildman–Crippen LogP) is 8.36. The van der Waals surface area contributed by atoms with Crippen molar-refractivity contribution >= 4 is 11.9 Å². The molecule has 6 nitrogen and oxygen atoms in total. The fraction of sp³-hybridized carbons (Fsp3) is 0.805. The molecular formula is C41H64O6. The molecule has 0 heterocycles. The third-order valence-corrected chi connectivity index (χ3v) is 15.9. The van der Waals surface area contributed by atoms with E-state index in [2.05, 4.69) is 61.5 Å². The number of carbonyl (C=O) groups excluding carboxylic acids is 2. The SMILES string of the molecule is C/C=C(/C)C(=O)O[C@H]1[C@H](OC(=O)/C(C)=C/C)[C@@]2(CO)C(CC1(C)C)C1=CCC3[C@@]4(C)CC[C@H](C)C(C)(C)C4CC[C@@]3(C)[C@]1(C)C[C@H]2O. The van der Waals surface area contributed by atoms with Crippen molar-refractivity contribution in [3.05, 3.63) is 34.9 Å². The first-order valence-electron chi connectivity index (χ1n) is 18.4. The van der Waals surface area contributed by atoms with Crippen LogP contribution in [0.15, 0.2) is 34.9 Å². The number of aliphatic hydroxyl groups is 2. The number of aliphatic hydroxyl groups excluding tert-OH is 2. The standard InChI is InChI=1S/C41H64O6/c1-13-24(3)34(44)46-32-33(47-35(45)25(4)14-2)41(23-42)28(21-36(32,6)7)27-15-16-30-38(10)19-17-26(5)37(8,9)29(38)18-20-39(30,11)40(27,12)22-31(41)43/h13-15,26,28-33,42-43H,16-23H2,1-12H3/b24-13-,25-14+/t26-,28?,29?,30?,31+,32-,33-,38-,39+,40+,41-/m0/s1. The summed E-state index contributed by atoms with van der Waals surface area (Å²) in [6.45, 7) is 25.6. The van der Waals surface area contributed by atoms with Gasteiger partial charge in [0.2, 0.25) is 0 Å². The Balaban J connectivity index is 1.65. The zero-order valence-electron chi connectivity index (χ0n) is 31.5. The Morgan fingerprint density at radius 2 is 1.45 bits per heavy atom. The van der Waals surface area contributed by atoms with Crippen molar-refractivity contribution < 1.29 is 29.3 Å². The molecule has 0 aromatic heterocycles. The molecule has 0 aromatic rings. The molecule has 0 bridgehead atoms. The molecule has 0 saturated heterocycles. The first-order chi connectivity index (χ1) is 21.7. The van der Waals surface area contributed by atoms with E-state index in [4.69, 9.17) is 9.47 Å². The summed E-state index contributed by atoms with van der Waals surface area (Å²) in [6.07, 6.45) is 9.87. The number of carbonyl (C=O) groups is 2. The molecule has 5 aliphatic carbocycles. The molecule has 0 radical (unpaired) electrons. The molecule has 11 atom stereocenters. The zero-order chi connectivity index (χ0) is 35.1. The summed E-state index contributed by atoms with van der Waals surface area (Å²) in [4.78, 5) is 26.8. The fourth-order valence-electron chi connectivity index (χ4n) is 12.1. The molecule has 6 heteroatoms. The average molecular weight is 653 g/mol. The first kappa shape index (κ1) is 36.4. The number of fused-ring (bicyclic) bond motifs is 7. The number of ether oxygens (including phenoxy) is 2. The topological polar surface area (TPSA) is 93.1 Å². The highest BCUT2D eigenvalue weighted by molar-refractivity contribution is 5.88. The Kier molecular flexibility index (Phi) is 9.17. The van der Waals surface area contributed by atoms with Crippen LogP contribution in [0.4, 0.5) is 0 Å². The number of hydrogen-bond donors (Lipinski definition) is 2. The predicted molar refractivity (Wildman–Crippen MR) is 186 cm³/mol. The number of allylic oxidation sites excluding steroid dienone is 4. The van der Waals surface area contributed by atoms with Gasteiger partial charge in [-0.2, -0.15) is 0 Å². The van der Waals surface area contributed by atoms with Crippen molar-refractivity contribution in [1.29, 1.82) is 0 Å². The quantitative estimate of drug-likeness (QED) is 0.176. The van der Waals surface area contributed by atoms with Gasteiger partial charge in [-0.15, -0.1) is 0 Å². The van der Waals surface area contributed by atoms with Crippen LogP contribution < -0.4 is 0 Å². The largest absolute Gasteiger partial charge is 0.454 e. The van der Waals surface area contributed by atoms with Crippen molar-refractivity contribution in [2.75, 3.05) is 6.61 Å². The van der Waals surface area contributed by atoms with Gasteiger partial charge in [0, 0.05) is 16.6 Å². The van der Waals surface area contributed by atoms with E-state index in [0.29, 0.717) is 41.7 Å². The van der Waals surface area contributed by atoms with E-state index >= 15 is 0 Å². The van der Waals surface area contributed by atoms with Gasteiger partial charge in [0.25, 0.3) is 0 Å². The van der Waals surface area contributed by atoms with Gasteiger partial charge in [0.15, 0.2) is 6.10 Å². The number of hydrogen-bond acceptors (Lipinski definition) is 6. The van der Waals surface area contributed by atoms with E-state index in [9.17, 15) is 19.8 Å². The summed E-state index contributed by atoms with van der Waals surface area (Å²) in [5.41, 5.74) is 0.536. The second-order valence-corrected chi connectivity index (χ2v) is 18.4. The van der Waals surface area contributed by atoms with E-state index in [0.717, 1.165) is 12.8 Å². The summed E-state index contributed by atoms with van der Waals surface area (Å²) in [5.74, 6) is 0.607. The van der Waals surface area contributed by atoms with Gasteiger partial charge < -0.3 is 19.7 Å². The lowest BCUT2D eigenvalue weighted by Crippen LogP contribution is -2.72. The van der Waals surface area contributed by atoms with Crippen molar-refractivity contribution in [2.45, 2.75) is 146 Å². The average Bonchev–Trinajstić information content (AvgIpc) is 3.00. The van der Waals surface area contributed by atoms with Gasteiger partial charge >= 0.3 is 11.9 Å². The lowest BCUT2D eigenvalue weighted by atomic mass is 9.32. The van der Waals surface area contributed by atoms with Crippen molar-refractivity contribution in [3.63, 3.8) is 0 Å². The molecule has 3 unspecified atom stereocenters. The van der Waals surface area contributed by atoms with Crippen LogP contribution in [0.5, 0.6) is 0 Å². The monoisotopic (exact) mass is 652 g/mol. The van der Waals surface area contributed by atoms with Gasteiger partial charge in [0.1, 0.15) is 6.10 Å². The van der Waals surface area contributed by atoms with Gasteiger partial charge in [0.05, 0.1) is 18.1 Å². The van der Waals surface area contributed by atoms with Crippen LogP contribution in [-0.4, -0.2) is 47.1 Å². The second-order valence-electron chi connectivity index (χ2n) is 18.4. The minimum Gasteiger partial charge on any atom is -0.454 e. The van der Waals surface area contributed by atoms with Crippen LogP contribution >= 0.6 is 0 Å². The van der Waals surface area contributed by atoms with E-state index < -0.39 is 41.1 Å². The summed E-state index contributed by atoms with van der Waals surface area (Å²) in [6, 6.07) is 0. The molecule has 0 aromatic carbocycles. The Labute approximate surface area is 284 Å². The van der Waals surface area contributed by atoms with Crippen LogP contribution in [0.25, 0.3) is 0 Å². The Bertz CT molecular complexity index is 1370. The van der Waals surface area contributed by atoms with E-state index in [1.165, 1.54) is 24.8 Å². The summed E-state index contributed by atoms with van der Waals surface area (Å²) >= 11 is 0. The molecule has 5 rings (SSSR count). The maximum Gasteiger partial charge on any atom is 0.333 e. The molecule has 0 amide bonds. The third kappa shape index (κ3) is 4.99. The number of esters is 2. The lowest BCUT2D eigenvalue weighted by Gasteiger charge is -2.72. The van der Waals surface area contributed by atoms with Gasteiger partial charge in [-0.05, 0) is 118 Å². The smallest absolute Gasteiger partial charge is 0.333 e. The lowest BCUT2D eigenvalue weighted by molar-refractivity contribution is -0.264. The highest BCUT2D eigenvalue weighted by atomic mass is 16.6. The summed E-state index contributed by atoms with van der Waals surface area (Å²) in [7, 11) is 0. The minimum absolute atomic E-state index is 0.0359. The molecule has 2 N–H and O–H groups in total. The molecule has 4 saturated carbocycles. The van der Waals surface area contributed by atoms with Crippen LogP contribution in [-0.2, 0) is 19.1 Å². The molecule has 0 spiro atoms. The highest BCUT2D eigenvalue weighted by Crippen LogP contribution is 2.76. The maximum atomic E-state index is 13.5. The second kappa shape index (κ2) is 11.9. The zero-order valence-corrected chi connectivity index (χ0v) is 31.5. The number of rotatable bonds is 5. The maximum absolute atomic E-state index is 13.5. The van der Waals surface area contributed by atoms with Crippen molar-refractivity contribution in [1.82, 2.24) is 0 Å². The van der Waals surface area contributed by atoms with Crippen molar-refractivity contribution in [3.8, 4) is 0 Å². The van der Waals surface area contributed by atoms with Crippen LogP contribution in [0.3, 0.4) is 0 Å². The highest BCUT2D eigenvalue weighted by Gasteiger charge is 2.73. The molecule has 4 fully saturated rings. The fourth-order valence-corrected chi connectivity index (χ4v) is 12.1. The van der Waals surface area contributed by atoms with E-state index in [-0.39, 0.29) is 34.2 Å². The summed E-state index contributed by atoms with van der Waals surface area (Å²) < 4.78 is 12.6. The van der Waals surface area contributed by atoms with Crippen LogP contribution in [0.2, 0.25) is 0 Å². The van der Waals surface area contributed by atoms with Gasteiger partial charge in [-0.25, -0.2) is 9.59 Å². The van der Waals surface area contributed by atoms with Gasteiger partial charge in [-0.3, -0.25) is 0 Å². The molecule has 5 aliphatic rings. The first-order valence-corrected chi connectivity index (χ1v) is 18.4. The Morgan fingerprint density at radius 3 is 2.00 bits per heavy atom. The third-order valence-electron chi connectivity index (χ3n) is 15.9. The Morgan fingerprint density at radius 1 is 0.872 bits per heavy atom. The molecule has 264 valence electrons. The normalized spacial score (nSPS) is 45.7. The molecule has 47 heavy (non-hydrogen) atoms. The van der Waals surface area contributed by atoms with E-state index in [1.54, 1.807) is 39.8 Å². The van der Waals surface area contributed by atoms with Crippen molar-refractivity contribution in [2.24, 2.45) is 56.2 Å². The van der Waals surface area contributed by atoms with Gasteiger partial charge in [-0.1, -0.05) is 79.2 Å². The molecular weight excluding hydrogens is 588 g/mol. The van der Waals surface area contributed by atoms with Crippen LogP contribution in [0, 0.1) is 56.2 Å². The Hall–Kier alpha value is -1.92. The van der Waals surface area contributed by atoms with E-state index in [1.807, 2.05) is 0 Å². The summed E-state index contributed by atoms with van der Waals surface area (Å²) in [5, 5.41) is 24.1. The van der Waals surface area contributed by atoms with Crippen LogP contribution in [0.1, 0.15) is 128 Å². The molecule has 0 aliphatic heterocycles. The minimum atomic E-state index is -1.22.